The SMILES string of the molecule is CCC(Nc1cccc2c1C(=O)N(C1CCC(=O)NC1=O)C2=O)c1cn(CCCCCCCCC=O)nn1. The van der Waals surface area contributed by atoms with Crippen LogP contribution in [0, 0.1) is 0 Å². The van der Waals surface area contributed by atoms with Gasteiger partial charge in [0.05, 0.1) is 23.4 Å². The summed E-state index contributed by atoms with van der Waals surface area (Å²) in [5, 5.41) is 14.2. The molecule has 1 saturated heterocycles. The maximum Gasteiger partial charge on any atom is 0.264 e. The maximum atomic E-state index is 13.4. The zero-order chi connectivity index (χ0) is 27.1. The van der Waals surface area contributed by atoms with Crippen LogP contribution >= 0.6 is 0 Å². The molecule has 3 heterocycles. The molecule has 4 rings (SSSR count). The number of unbranched alkanes of at least 4 members (excludes halogenated alkanes) is 6. The van der Waals surface area contributed by atoms with Gasteiger partial charge in [-0.3, -0.25) is 34.1 Å². The summed E-state index contributed by atoms with van der Waals surface area (Å²) in [5.74, 6) is -2.13. The lowest BCUT2D eigenvalue weighted by Gasteiger charge is -2.28. The van der Waals surface area contributed by atoms with E-state index in [1.54, 1.807) is 18.2 Å². The number of aldehydes is 1. The number of rotatable bonds is 14. The van der Waals surface area contributed by atoms with Gasteiger partial charge in [0.15, 0.2) is 0 Å². The summed E-state index contributed by atoms with van der Waals surface area (Å²) in [6, 6.07) is 3.77. The van der Waals surface area contributed by atoms with Gasteiger partial charge in [-0.05, 0) is 37.8 Å². The Kier molecular flexibility index (Phi) is 8.98. The second-order valence-electron chi connectivity index (χ2n) is 9.76. The van der Waals surface area contributed by atoms with Crippen LogP contribution in [0.15, 0.2) is 24.4 Å². The first-order valence-electron chi connectivity index (χ1n) is 13.4. The molecule has 0 aliphatic carbocycles. The van der Waals surface area contributed by atoms with Crippen LogP contribution in [0.5, 0.6) is 0 Å². The van der Waals surface area contributed by atoms with Crippen molar-refractivity contribution in [1.82, 2.24) is 25.2 Å². The Labute approximate surface area is 221 Å². The summed E-state index contributed by atoms with van der Waals surface area (Å²) >= 11 is 0. The molecule has 2 aliphatic rings. The zero-order valence-corrected chi connectivity index (χ0v) is 21.6. The van der Waals surface area contributed by atoms with E-state index >= 15 is 0 Å². The van der Waals surface area contributed by atoms with Crippen molar-refractivity contribution < 1.29 is 24.0 Å². The van der Waals surface area contributed by atoms with Crippen molar-refractivity contribution in [2.24, 2.45) is 0 Å². The highest BCUT2D eigenvalue weighted by atomic mass is 16.2. The molecule has 2 atom stereocenters. The van der Waals surface area contributed by atoms with Crippen molar-refractivity contribution in [1.29, 1.82) is 0 Å². The molecule has 0 radical (unpaired) electrons. The molecule has 2 aromatic rings. The van der Waals surface area contributed by atoms with Crippen molar-refractivity contribution in [2.45, 2.75) is 89.8 Å². The average molecular weight is 523 g/mol. The molecule has 1 fully saturated rings. The van der Waals surface area contributed by atoms with E-state index in [-0.39, 0.29) is 30.0 Å². The third-order valence-corrected chi connectivity index (χ3v) is 7.08. The Balaban J connectivity index is 1.39. The monoisotopic (exact) mass is 522 g/mol. The summed E-state index contributed by atoms with van der Waals surface area (Å²) in [5.41, 5.74) is 1.68. The molecular formula is C27H34N6O5. The molecule has 1 aromatic carbocycles. The van der Waals surface area contributed by atoms with Gasteiger partial charge < -0.3 is 10.1 Å². The topological polar surface area (TPSA) is 143 Å². The van der Waals surface area contributed by atoms with Crippen LogP contribution in [0.1, 0.15) is 104 Å². The van der Waals surface area contributed by atoms with Crippen LogP contribution in [-0.2, 0) is 20.9 Å². The number of benzene rings is 1. The Hall–Kier alpha value is -3.89. The zero-order valence-electron chi connectivity index (χ0n) is 21.6. The number of nitrogens with zero attached hydrogens (tertiary/aromatic N) is 4. The maximum absolute atomic E-state index is 13.4. The predicted octanol–water partition coefficient (Wildman–Crippen LogP) is 3.17. The van der Waals surface area contributed by atoms with Gasteiger partial charge in [0.25, 0.3) is 11.8 Å². The largest absolute Gasteiger partial charge is 0.376 e. The standard InChI is InChI=1S/C27H34N6O5/c1-2-19(21-17-32(31-30-21)15-8-6-4-3-5-7-9-16-34)28-20-12-10-11-18-24(20)27(38)33(26(18)37)22-13-14-23(35)29-25(22)36/h10-12,16-17,19,22,28H,2-9,13-15H2,1H3,(H,29,35,36). The highest BCUT2D eigenvalue weighted by Gasteiger charge is 2.45. The number of carbonyl (C=O) groups is 5. The molecule has 4 amide bonds. The number of aromatic nitrogens is 3. The number of carbonyl (C=O) groups excluding carboxylic acids is 5. The fourth-order valence-corrected chi connectivity index (χ4v) is 5.00. The quantitative estimate of drug-likeness (QED) is 0.219. The van der Waals surface area contributed by atoms with Crippen molar-refractivity contribution in [3.05, 3.63) is 41.2 Å². The Morgan fingerprint density at radius 2 is 1.84 bits per heavy atom. The average Bonchev–Trinajstić information content (AvgIpc) is 3.47. The molecule has 0 bridgehead atoms. The summed E-state index contributed by atoms with van der Waals surface area (Å²) in [4.78, 5) is 61.7. The van der Waals surface area contributed by atoms with Crippen LogP contribution in [0.4, 0.5) is 5.69 Å². The Morgan fingerprint density at radius 3 is 2.58 bits per heavy atom. The number of fused-ring (bicyclic) bond motifs is 1. The molecule has 38 heavy (non-hydrogen) atoms. The van der Waals surface area contributed by atoms with E-state index in [9.17, 15) is 24.0 Å². The van der Waals surface area contributed by atoms with Gasteiger partial charge in [0, 0.05) is 25.1 Å². The number of imide groups is 2. The molecule has 2 N–H and O–H groups in total. The molecule has 2 aliphatic heterocycles. The van der Waals surface area contributed by atoms with Crippen molar-refractivity contribution in [3.63, 3.8) is 0 Å². The second-order valence-corrected chi connectivity index (χ2v) is 9.76. The van der Waals surface area contributed by atoms with E-state index in [1.807, 2.05) is 17.8 Å². The van der Waals surface area contributed by atoms with Gasteiger partial charge in [-0.2, -0.15) is 0 Å². The first-order chi connectivity index (χ1) is 18.4. The second kappa shape index (κ2) is 12.6. The van der Waals surface area contributed by atoms with Crippen molar-refractivity contribution >= 4 is 35.6 Å². The predicted molar refractivity (Wildman–Crippen MR) is 138 cm³/mol. The van der Waals surface area contributed by atoms with Gasteiger partial charge in [-0.1, -0.05) is 43.9 Å². The molecule has 11 nitrogen and oxygen atoms in total. The number of piperidine rings is 1. The van der Waals surface area contributed by atoms with Crippen molar-refractivity contribution in [2.75, 3.05) is 5.32 Å². The molecule has 11 heteroatoms. The van der Waals surface area contributed by atoms with Crippen LogP contribution in [0.25, 0.3) is 0 Å². The number of nitrogens with one attached hydrogen (secondary N) is 2. The normalized spacial score (nSPS) is 17.9. The van der Waals surface area contributed by atoms with Crippen LogP contribution in [-0.4, -0.2) is 55.9 Å². The first kappa shape index (κ1) is 27.2. The van der Waals surface area contributed by atoms with Gasteiger partial charge >= 0.3 is 0 Å². The lowest BCUT2D eigenvalue weighted by atomic mass is 10.0. The Bertz CT molecular complexity index is 1210. The van der Waals surface area contributed by atoms with Gasteiger partial charge in [0.1, 0.15) is 18.0 Å². The molecule has 0 saturated carbocycles. The number of hydrogen-bond donors (Lipinski definition) is 2. The minimum atomic E-state index is -1.01. The number of aryl methyl sites for hydroxylation is 1. The fraction of sp³-hybridized carbons (Fsp3) is 0.519. The molecular weight excluding hydrogens is 488 g/mol. The smallest absolute Gasteiger partial charge is 0.264 e. The number of hydrogen-bond acceptors (Lipinski definition) is 8. The van der Waals surface area contributed by atoms with E-state index in [0.717, 1.165) is 61.9 Å². The summed E-state index contributed by atoms with van der Waals surface area (Å²) in [6.45, 7) is 2.75. The first-order valence-corrected chi connectivity index (χ1v) is 13.4. The summed E-state index contributed by atoms with van der Waals surface area (Å²) in [7, 11) is 0. The van der Waals surface area contributed by atoms with E-state index in [1.165, 1.54) is 0 Å². The molecule has 1 aromatic heterocycles. The van der Waals surface area contributed by atoms with Gasteiger partial charge in [-0.25, -0.2) is 0 Å². The summed E-state index contributed by atoms with van der Waals surface area (Å²) in [6.07, 6.45) is 10.7. The highest BCUT2D eigenvalue weighted by molar-refractivity contribution is 6.25. The number of anilines is 1. The van der Waals surface area contributed by atoms with Crippen molar-refractivity contribution in [3.8, 4) is 0 Å². The third kappa shape index (κ3) is 5.98. The minimum absolute atomic E-state index is 0.0733. The lowest BCUT2D eigenvalue weighted by molar-refractivity contribution is -0.136. The third-order valence-electron chi connectivity index (χ3n) is 7.08. The van der Waals surface area contributed by atoms with E-state index in [4.69, 9.17) is 0 Å². The van der Waals surface area contributed by atoms with Crippen LogP contribution < -0.4 is 10.6 Å². The summed E-state index contributed by atoms with van der Waals surface area (Å²) < 4.78 is 1.82. The van der Waals surface area contributed by atoms with E-state index in [0.29, 0.717) is 18.5 Å². The molecule has 0 spiro atoms. The minimum Gasteiger partial charge on any atom is -0.376 e. The van der Waals surface area contributed by atoms with Crippen LogP contribution in [0.2, 0.25) is 0 Å². The highest BCUT2D eigenvalue weighted by Crippen LogP contribution is 2.34. The number of amides is 4. The lowest BCUT2D eigenvalue weighted by Crippen LogP contribution is -2.54. The van der Waals surface area contributed by atoms with Gasteiger partial charge in [-0.15, -0.1) is 5.10 Å². The van der Waals surface area contributed by atoms with E-state index < -0.39 is 29.7 Å². The molecule has 2 unspecified atom stereocenters. The molecule has 202 valence electrons. The fourth-order valence-electron chi connectivity index (χ4n) is 5.00. The van der Waals surface area contributed by atoms with Crippen LogP contribution in [0.3, 0.4) is 0 Å². The van der Waals surface area contributed by atoms with E-state index in [2.05, 4.69) is 20.9 Å². The van der Waals surface area contributed by atoms with Gasteiger partial charge in [0.2, 0.25) is 11.8 Å². The Morgan fingerprint density at radius 1 is 1.08 bits per heavy atom.